The summed E-state index contributed by atoms with van der Waals surface area (Å²) in [5.74, 6) is -1.80. The Labute approximate surface area is 266 Å². The van der Waals surface area contributed by atoms with E-state index in [-0.39, 0.29) is 40.5 Å². The number of hydrogen-bond acceptors (Lipinski definition) is 3. The summed E-state index contributed by atoms with van der Waals surface area (Å²) in [6.07, 6.45) is 4.12. The smallest absolute Gasteiger partial charge is 0.226 e. The molecule has 8 heteroatoms. The van der Waals surface area contributed by atoms with Gasteiger partial charge in [0, 0.05) is 66.5 Å². The van der Waals surface area contributed by atoms with Crippen molar-refractivity contribution < 1.29 is 18.4 Å². The molecule has 1 N–H and O–H groups in total. The number of halogens is 3. The third-order valence-electron chi connectivity index (χ3n) is 10.7. The van der Waals surface area contributed by atoms with Gasteiger partial charge in [-0.15, -0.1) is 0 Å². The number of benzene rings is 2. The van der Waals surface area contributed by atoms with Crippen molar-refractivity contribution in [1.82, 2.24) is 15.1 Å². The maximum atomic E-state index is 15.2. The van der Waals surface area contributed by atoms with Crippen LogP contribution >= 0.6 is 11.6 Å². The summed E-state index contributed by atoms with van der Waals surface area (Å²) in [7, 11) is 0. The van der Waals surface area contributed by atoms with E-state index in [1.807, 2.05) is 11.8 Å². The van der Waals surface area contributed by atoms with Gasteiger partial charge in [-0.1, -0.05) is 23.7 Å². The molecule has 1 spiro atoms. The van der Waals surface area contributed by atoms with Gasteiger partial charge in [-0.25, -0.2) is 8.78 Å². The van der Waals surface area contributed by atoms with Gasteiger partial charge < -0.3 is 10.2 Å². The van der Waals surface area contributed by atoms with E-state index >= 15 is 4.39 Å². The van der Waals surface area contributed by atoms with Gasteiger partial charge in [-0.2, -0.15) is 0 Å². The van der Waals surface area contributed by atoms with Gasteiger partial charge in [0.15, 0.2) is 0 Å². The number of nitrogens with one attached hydrogen (secondary N) is 1. The van der Waals surface area contributed by atoms with Crippen LogP contribution in [0, 0.1) is 24.5 Å². The fourth-order valence-corrected chi connectivity index (χ4v) is 8.51. The Hall–Kier alpha value is -2.51. The van der Waals surface area contributed by atoms with Gasteiger partial charge in [0.2, 0.25) is 11.8 Å². The molecule has 44 heavy (non-hydrogen) atoms. The predicted octanol–water partition coefficient (Wildman–Crippen LogP) is 7.48. The fourth-order valence-electron chi connectivity index (χ4n) is 8.34. The summed E-state index contributed by atoms with van der Waals surface area (Å²) in [6, 6.07) is 8.09. The first-order chi connectivity index (χ1) is 20.5. The number of rotatable bonds is 4. The minimum Gasteiger partial charge on any atom is -0.351 e. The molecule has 2 saturated heterocycles. The van der Waals surface area contributed by atoms with E-state index in [4.69, 9.17) is 11.6 Å². The van der Waals surface area contributed by atoms with E-state index < -0.39 is 17.2 Å². The summed E-state index contributed by atoms with van der Waals surface area (Å²) in [5, 5.41) is 3.91. The van der Waals surface area contributed by atoms with Crippen LogP contribution in [0.1, 0.15) is 108 Å². The van der Waals surface area contributed by atoms with Crippen LogP contribution in [0.2, 0.25) is 5.02 Å². The van der Waals surface area contributed by atoms with Crippen molar-refractivity contribution in [2.45, 2.75) is 109 Å². The molecule has 4 atom stereocenters. The van der Waals surface area contributed by atoms with E-state index in [1.165, 1.54) is 23.3 Å². The monoisotopic (exact) mass is 627 g/mol. The molecule has 3 aliphatic rings. The molecular weight excluding hydrogens is 580 g/mol. The summed E-state index contributed by atoms with van der Waals surface area (Å²) in [5.41, 5.74) is 3.23. The number of fused-ring (bicyclic) bond motifs is 2. The molecule has 0 radical (unpaired) electrons. The van der Waals surface area contributed by atoms with Crippen molar-refractivity contribution in [1.29, 1.82) is 0 Å². The van der Waals surface area contributed by atoms with Gasteiger partial charge in [0.05, 0.1) is 0 Å². The quantitative estimate of drug-likeness (QED) is 0.382. The lowest BCUT2D eigenvalue weighted by atomic mass is 9.73. The van der Waals surface area contributed by atoms with Crippen molar-refractivity contribution in [3.63, 3.8) is 0 Å². The van der Waals surface area contributed by atoms with Crippen LogP contribution < -0.4 is 5.32 Å². The molecule has 0 aromatic heterocycles. The van der Waals surface area contributed by atoms with Crippen molar-refractivity contribution in [2.75, 3.05) is 26.2 Å². The van der Waals surface area contributed by atoms with Crippen LogP contribution in [0.4, 0.5) is 8.78 Å². The second kappa shape index (κ2) is 12.0. The first-order valence-corrected chi connectivity index (χ1v) is 16.5. The van der Waals surface area contributed by atoms with Gasteiger partial charge in [0.1, 0.15) is 11.6 Å². The van der Waals surface area contributed by atoms with E-state index in [1.54, 1.807) is 6.92 Å². The van der Waals surface area contributed by atoms with Crippen LogP contribution in [-0.4, -0.2) is 58.9 Å². The molecule has 2 aromatic carbocycles. The van der Waals surface area contributed by atoms with Crippen LogP contribution in [0.15, 0.2) is 30.3 Å². The number of likely N-dealkylation sites (tertiary alicyclic amines) is 2. The van der Waals surface area contributed by atoms with Crippen molar-refractivity contribution >= 4 is 23.4 Å². The number of nitrogens with zero attached hydrogens (tertiary/aromatic N) is 2. The van der Waals surface area contributed by atoms with Gasteiger partial charge in [-0.3, -0.25) is 14.5 Å². The molecular formula is C36H48ClF2N3O2. The Morgan fingerprint density at radius 3 is 2.39 bits per heavy atom. The highest BCUT2D eigenvalue weighted by Crippen LogP contribution is 2.56. The minimum atomic E-state index is -0.608. The summed E-state index contributed by atoms with van der Waals surface area (Å²) >= 11 is 6.65. The second-order valence-electron chi connectivity index (χ2n) is 15.1. The minimum absolute atomic E-state index is 0.0574. The van der Waals surface area contributed by atoms with Gasteiger partial charge >= 0.3 is 0 Å². The second-order valence-corrected chi connectivity index (χ2v) is 15.5. The highest BCUT2D eigenvalue weighted by molar-refractivity contribution is 6.31. The summed E-state index contributed by atoms with van der Waals surface area (Å²) in [6.45, 7) is 16.7. The molecule has 2 aromatic rings. The topological polar surface area (TPSA) is 52.7 Å². The van der Waals surface area contributed by atoms with Crippen molar-refractivity contribution in [3.8, 4) is 0 Å². The summed E-state index contributed by atoms with van der Waals surface area (Å²) in [4.78, 5) is 30.8. The normalized spacial score (nSPS) is 26.4. The Morgan fingerprint density at radius 2 is 1.73 bits per heavy atom. The third kappa shape index (κ3) is 6.28. The molecule has 2 fully saturated rings. The number of amides is 2. The number of hydrogen-bond donors (Lipinski definition) is 1. The van der Waals surface area contributed by atoms with Crippen LogP contribution in [0.25, 0.3) is 0 Å². The molecule has 0 saturated carbocycles. The zero-order chi connectivity index (χ0) is 32.2. The lowest BCUT2D eigenvalue weighted by Gasteiger charge is -2.45. The van der Waals surface area contributed by atoms with Gasteiger partial charge in [-0.05, 0) is 120 Å². The Kier molecular flexibility index (Phi) is 8.98. The average molecular weight is 628 g/mol. The molecule has 2 heterocycles. The molecule has 2 aliphatic heterocycles. The highest BCUT2D eigenvalue weighted by Gasteiger charge is 2.50. The maximum Gasteiger partial charge on any atom is 0.226 e. The molecule has 240 valence electrons. The van der Waals surface area contributed by atoms with E-state index in [2.05, 4.69) is 57.0 Å². The number of carbonyl (C=O) groups excluding carboxylic acids is 2. The molecule has 1 unspecified atom stereocenters. The number of piperidine rings is 1. The largest absolute Gasteiger partial charge is 0.351 e. The van der Waals surface area contributed by atoms with Crippen LogP contribution in [0.5, 0.6) is 0 Å². The number of carbonyl (C=O) groups is 2. The zero-order valence-electron chi connectivity index (χ0n) is 27.3. The lowest BCUT2D eigenvalue weighted by molar-refractivity contribution is -0.138. The highest BCUT2D eigenvalue weighted by atomic mass is 35.5. The predicted molar refractivity (Wildman–Crippen MR) is 172 cm³/mol. The first-order valence-electron chi connectivity index (χ1n) is 16.1. The maximum absolute atomic E-state index is 15.2. The Balaban J connectivity index is 1.43. The van der Waals surface area contributed by atoms with E-state index in [0.717, 1.165) is 48.9 Å². The lowest BCUT2D eigenvalue weighted by Crippen LogP contribution is -2.52. The molecule has 0 bridgehead atoms. The zero-order valence-corrected chi connectivity index (χ0v) is 28.1. The first kappa shape index (κ1) is 32.9. The SMILES string of the molecule is CC(=O)NC(C)(C)[C@@H]1CC2(CCCN(C(=O)[C@@H]3CCN(C(C)(C)C)C[C@H]3c3ccc(F)cc3F)CC2)c2cc(C)c(Cl)cc21. The molecule has 5 nitrogen and oxygen atoms in total. The van der Waals surface area contributed by atoms with Crippen LogP contribution in [-0.2, 0) is 15.0 Å². The van der Waals surface area contributed by atoms with Crippen molar-refractivity contribution in [3.05, 3.63) is 69.2 Å². The fraction of sp³-hybridized carbons (Fsp3) is 0.611. The Morgan fingerprint density at radius 1 is 1.00 bits per heavy atom. The Bertz CT molecular complexity index is 1440. The van der Waals surface area contributed by atoms with E-state index in [9.17, 15) is 14.0 Å². The van der Waals surface area contributed by atoms with Crippen LogP contribution in [0.3, 0.4) is 0 Å². The standard InChI is InChI=1S/C36H48ClF2N3O2/c1-22-17-29-27(19-31(22)37)30(35(6,7)40-23(2)43)20-36(29)12-8-14-41(16-13-36)33(44)26-11-15-42(34(3,4)5)21-28(26)25-10-9-24(38)18-32(25)39/h9-10,17-19,26,28,30H,8,11-16,20-21H2,1-7H3,(H,40,43)/t26-,28+,30-,36?/m1/s1. The molecule has 1 aliphatic carbocycles. The number of aryl methyl sites for hydroxylation is 1. The molecule has 5 rings (SSSR count). The summed E-state index contributed by atoms with van der Waals surface area (Å²) < 4.78 is 29.1. The van der Waals surface area contributed by atoms with Crippen molar-refractivity contribution in [2.24, 2.45) is 5.92 Å². The van der Waals surface area contributed by atoms with Gasteiger partial charge in [0.25, 0.3) is 0 Å². The molecule has 2 amide bonds. The van der Waals surface area contributed by atoms with E-state index in [0.29, 0.717) is 31.6 Å². The average Bonchev–Trinajstić information content (AvgIpc) is 3.07. The third-order valence-corrected chi connectivity index (χ3v) is 11.1.